The SMILES string of the molecule is CC(C)c1ccc(NC(=O)NCCNc2ncccc2Br)cc1. The van der Waals surface area contributed by atoms with E-state index >= 15 is 0 Å². The average Bonchev–Trinajstić information content (AvgIpc) is 2.53. The van der Waals surface area contributed by atoms with E-state index < -0.39 is 0 Å². The van der Waals surface area contributed by atoms with Gasteiger partial charge in [-0.3, -0.25) is 0 Å². The highest BCUT2D eigenvalue weighted by Gasteiger charge is 2.03. The van der Waals surface area contributed by atoms with Gasteiger partial charge < -0.3 is 16.0 Å². The number of pyridine rings is 1. The first-order valence-electron chi connectivity index (χ1n) is 7.55. The van der Waals surface area contributed by atoms with E-state index in [0.29, 0.717) is 19.0 Å². The van der Waals surface area contributed by atoms with Crippen LogP contribution in [0.25, 0.3) is 0 Å². The molecule has 0 fully saturated rings. The first kappa shape index (κ1) is 17.3. The number of rotatable bonds is 6. The molecule has 2 amide bonds. The van der Waals surface area contributed by atoms with Gasteiger partial charge in [-0.2, -0.15) is 0 Å². The Hall–Kier alpha value is -2.08. The normalized spacial score (nSPS) is 10.4. The second kappa shape index (κ2) is 8.53. The maximum Gasteiger partial charge on any atom is 0.319 e. The number of halogens is 1. The van der Waals surface area contributed by atoms with E-state index in [4.69, 9.17) is 0 Å². The lowest BCUT2D eigenvalue weighted by Gasteiger charge is -2.10. The van der Waals surface area contributed by atoms with E-state index in [1.165, 1.54) is 5.56 Å². The van der Waals surface area contributed by atoms with Crippen LogP contribution in [-0.2, 0) is 0 Å². The molecule has 0 atom stereocenters. The maximum absolute atomic E-state index is 11.8. The Kier molecular flexibility index (Phi) is 6.40. The van der Waals surface area contributed by atoms with Gasteiger partial charge in [0.15, 0.2) is 0 Å². The molecule has 23 heavy (non-hydrogen) atoms. The summed E-state index contributed by atoms with van der Waals surface area (Å²) < 4.78 is 0.898. The molecule has 0 saturated heterocycles. The molecule has 0 bridgehead atoms. The predicted molar refractivity (Wildman–Crippen MR) is 98.0 cm³/mol. The smallest absolute Gasteiger partial charge is 0.319 e. The number of nitrogens with zero attached hydrogens (tertiary/aromatic N) is 1. The van der Waals surface area contributed by atoms with Gasteiger partial charge in [0.25, 0.3) is 0 Å². The van der Waals surface area contributed by atoms with E-state index in [0.717, 1.165) is 16.0 Å². The van der Waals surface area contributed by atoms with Crippen LogP contribution < -0.4 is 16.0 Å². The van der Waals surface area contributed by atoms with E-state index in [-0.39, 0.29) is 6.03 Å². The van der Waals surface area contributed by atoms with Crippen LogP contribution in [0, 0.1) is 0 Å². The van der Waals surface area contributed by atoms with Crippen molar-refractivity contribution in [3.63, 3.8) is 0 Å². The standard InChI is InChI=1S/C17H21BrN4O/c1-12(2)13-5-7-14(8-6-13)22-17(23)21-11-10-20-16-15(18)4-3-9-19-16/h3-9,12H,10-11H2,1-2H3,(H,19,20)(H2,21,22,23). The monoisotopic (exact) mass is 376 g/mol. The molecule has 0 aliphatic carbocycles. The summed E-state index contributed by atoms with van der Waals surface area (Å²) in [5.41, 5.74) is 2.04. The Labute approximate surface area is 145 Å². The number of benzene rings is 1. The van der Waals surface area contributed by atoms with Gasteiger partial charge in [0.05, 0.1) is 4.47 Å². The number of amides is 2. The zero-order chi connectivity index (χ0) is 16.7. The molecule has 0 spiro atoms. The molecule has 5 nitrogen and oxygen atoms in total. The van der Waals surface area contributed by atoms with Gasteiger partial charge in [-0.15, -0.1) is 0 Å². The topological polar surface area (TPSA) is 66.1 Å². The Balaban J connectivity index is 1.72. The Morgan fingerprint density at radius 2 is 1.91 bits per heavy atom. The summed E-state index contributed by atoms with van der Waals surface area (Å²) in [6, 6.07) is 11.4. The van der Waals surface area contributed by atoms with Crippen LogP contribution in [0.1, 0.15) is 25.3 Å². The van der Waals surface area contributed by atoms with Crippen LogP contribution in [0.3, 0.4) is 0 Å². The molecule has 122 valence electrons. The van der Waals surface area contributed by atoms with E-state index in [2.05, 4.69) is 50.7 Å². The molecule has 1 heterocycles. The minimum Gasteiger partial charge on any atom is -0.367 e. The summed E-state index contributed by atoms with van der Waals surface area (Å²) in [6.45, 7) is 5.37. The van der Waals surface area contributed by atoms with Gasteiger partial charge in [0.2, 0.25) is 0 Å². The third kappa shape index (κ3) is 5.56. The number of hydrogen-bond donors (Lipinski definition) is 3. The van der Waals surface area contributed by atoms with Gasteiger partial charge in [0.1, 0.15) is 5.82 Å². The van der Waals surface area contributed by atoms with Crippen LogP contribution in [0.15, 0.2) is 47.1 Å². The van der Waals surface area contributed by atoms with E-state index in [1.54, 1.807) is 6.20 Å². The minimum absolute atomic E-state index is 0.218. The quantitative estimate of drug-likeness (QED) is 0.661. The molecule has 0 saturated carbocycles. The van der Waals surface area contributed by atoms with Crippen molar-refractivity contribution < 1.29 is 4.79 Å². The lowest BCUT2D eigenvalue weighted by molar-refractivity contribution is 0.252. The third-order valence-electron chi connectivity index (χ3n) is 3.30. The van der Waals surface area contributed by atoms with Gasteiger partial charge in [-0.1, -0.05) is 26.0 Å². The molecule has 0 radical (unpaired) electrons. The van der Waals surface area contributed by atoms with Crippen molar-refractivity contribution in [2.75, 3.05) is 23.7 Å². The zero-order valence-corrected chi connectivity index (χ0v) is 14.9. The highest BCUT2D eigenvalue weighted by atomic mass is 79.9. The highest BCUT2D eigenvalue weighted by molar-refractivity contribution is 9.10. The van der Waals surface area contributed by atoms with Crippen molar-refractivity contribution in [1.29, 1.82) is 0 Å². The fourth-order valence-corrected chi connectivity index (χ4v) is 2.39. The summed E-state index contributed by atoms with van der Waals surface area (Å²) in [6.07, 6.45) is 1.72. The number of carbonyl (C=O) groups excluding carboxylic acids is 1. The Morgan fingerprint density at radius 1 is 1.17 bits per heavy atom. The Morgan fingerprint density at radius 3 is 2.57 bits per heavy atom. The third-order valence-corrected chi connectivity index (χ3v) is 3.94. The molecule has 6 heteroatoms. The van der Waals surface area contributed by atoms with Crippen LogP contribution in [0.4, 0.5) is 16.3 Å². The van der Waals surface area contributed by atoms with Crippen molar-refractivity contribution in [1.82, 2.24) is 10.3 Å². The van der Waals surface area contributed by atoms with E-state index in [9.17, 15) is 4.79 Å². The number of urea groups is 1. The summed E-state index contributed by atoms with van der Waals surface area (Å²) in [5.74, 6) is 1.24. The molecule has 0 aliphatic rings. The number of hydrogen-bond acceptors (Lipinski definition) is 3. The first-order valence-corrected chi connectivity index (χ1v) is 8.35. The number of nitrogens with one attached hydrogen (secondary N) is 3. The molecule has 2 aromatic rings. The molecule has 1 aromatic carbocycles. The zero-order valence-electron chi connectivity index (χ0n) is 13.3. The molecule has 0 unspecified atom stereocenters. The van der Waals surface area contributed by atoms with Crippen LogP contribution in [0.5, 0.6) is 0 Å². The molecule has 1 aromatic heterocycles. The molecular weight excluding hydrogens is 356 g/mol. The van der Waals surface area contributed by atoms with Crippen LogP contribution in [-0.4, -0.2) is 24.1 Å². The van der Waals surface area contributed by atoms with Crippen molar-refractivity contribution in [3.05, 3.63) is 52.6 Å². The summed E-state index contributed by atoms with van der Waals surface area (Å²) in [7, 11) is 0. The maximum atomic E-state index is 11.8. The molecule has 0 aliphatic heterocycles. The second-order valence-corrected chi connectivity index (χ2v) is 6.27. The van der Waals surface area contributed by atoms with Crippen LogP contribution in [0.2, 0.25) is 0 Å². The average molecular weight is 377 g/mol. The lowest BCUT2D eigenvalue weighted by Crippen LogP contribution is -2.32. The number of anilines is 2. The predicted octanol–water partition coefficient (Wildman–Crippen LogP) is 4.20. The van der Waals surface area contributed by atoms with E-state index in [1.807, 2.05) is 36.4 Å². The number of carbonyl (C=O) groups is 1. The van der Waals surface area contributed by atoms with Crippen molar-refractivity contribution in [3.8, 4) is 0 Å². The van der Waals surface area contributed by atoms with Gasteiger partial charge in [-0.05, 0) is 51.7 Å². The van der Waals surface area contributed by atoms with Crippen molar-refractivity contribution >= 4 is 33.5 Å². The highest BCUT2D eigenvalue weighted by Crippen LogP contribution is 2.18. The van der Waals surface area contributed by atoms with Crippen molar-refractivity contribution in [2.45, 2.75) is 19.8 Å². The van der Waals surface area contributed by atoms with Gasteiger partial charge in [0, 0.05) is 25.0 Å². The van der Waals surface area contributed by atoms with Crippen molar-refractivity contribution in [2.24, 2.45) is 0 Å². The first-order chi connectivity index (χ1) is 11.1. The molecular formula is C17H21BrN4O. The second-order valence-electron chi connectivity index (χ2n) is 5.42. The summed E-state index contributed by atoms with van der Waals surface area (Å²) in [5, 5.41) is 8.77. The molecule has 3 N–H and O–H groups in total. The number of aromatic nitrogens is 1. The Bertz CT molecular complexity index is 643. The summed E-state index contributed by atoms with van der Waals surface area (Å²) >= 11 is 3.41. The minimum atomic E-state index is -0.218. The van der Waals surface area contributed by atoms with Gasteiger partial charge >= 0.3 is 6.03 Å². The summed E-state index contributed by atoms with van der Waals surface area (Å²) in [4.78, 5) is 16.0. The molecule has 2 rings (SSSR count). The van der Waals surface area contributed by atoms with Gasteiger partial charge in [-0.25, -0.2) is 9.78 Å². The largest absolute Gasteiger partial charge is 0.367 e. The fourth-order valence-electron chi connectivity index (χ4n) is 2.00. The lowest BCUT2D eigenvalue weighted by atomic mass is 10.0. The fraction of sp³-hybridized carbons (Fsp3) is 0.294. The van der Waals surface area contributed by atoms with Crippen LogP contribution >= 0.6 is 15.9 Å².